The van der Waals surface area contributed by atoms with E-state index in [1.807, 2.05) is 12.1 Å². The summed E-state index contributed by atoms with van der Waals surface area (Å²) in [7, 11) is 0. The zero-order valence-corrected chi connectivity index (χ0v) is 14.0. The quantitative estimate of drug-likeness (QED) is 0.838. The minimum absolute atomic E-state index is 0.000971. The summed E-state index contributed by atoms with van der Waals surface area (Å²) in [5, 5.41) is 10.2. The van der Waals surface area contributed by atoms with E-state index >= 15 is 0 Å². The van der Waals surface area contributed by atoms with Crippen LogP contribution in [0.25, 0.3) is 0 Å². The molecule has 0 bridgehead atoms. The van der Waals surface area contributed by atoms with Crippen molar-refractivity contribution in [1.29, 1.82) is 0 Å². The number of hydrogen-bond donors (Lipinski definition) is 1. The SMILES string of the molecule is O=C(COc1ccc(Br)cc1Br)N1CC(O)(C2CC2)C1. The van der Waals surface area contributed by atoms with Gasteiger partial charge in [-0.05, 0) is 52.9 Å². The monoisotopic (exact) mass is 403 g/mol. The molecule has 20 heavy (non-hydrogen) atoms. The molecule has 2 aliphatic rings. The van der Waals surface area contributed by atoms with Gasteiger partial charge in [-0.25, -0.2) is 0 Å². The van der Waals surface area contributed by atoms with E-state index in [4.69, 9.17) is 4.74 Å². The standard InChI is InChI=1S/C14H15Br2NO3/c15-10-3-4-12(11(16)5-10)20-6-13(18)17-7-14(19,8-17)9-1-2-9/h3-5,9,19H,1-2,6-8H2. The van der Waals surface area contributed by atoms with Crippen LogP contribution in [0.15, 0.2) is 27.1 Å². The summed E-state index contributed by atoms with van der Waals surface area (Å²) < 4.78 is 7.26. The van der Waals surface area contributed by atoms with Gasteiger partial charge in [0.05, 0.1) is 17.6 Å². The van der Waals surface area contributed by atoms with E-state index in [0.29, 0.717) is 24.8 Å². The largest absolute Gasteiger partial charge is 0.483 e. The number of amides is 1. The van der Waals surface area contributed by atoms with Crippen molar-refractivity contribution < 1.29 is 14.6 Å². The number of benzene rings is 1. The highest BCUT2D eigenvalue weighted by Gasteiger charge is 2.53. The van der Waals surface area contributed by atoms with Crippen molar-refractivity contribution in [3.05, 3.63) is 27.1 Å². The second kappa shape index (κ2) is 5.31. The second-order valence-electron chi connectivity index (χ2n) is 5.49. The molecule has 1 amide bonds. The maximum atomic E-state index is 12.0. The normalized spacial score (nSPS) is 20.4. The predicted molar refractivity (Wildman–Crippen MR) is 81.6 cm³/mol. The Morgan fingerprint density at radius 1 is 1.40 bits per heavy atom. The first-order chi connectivity index (χ1) is 9.48. The summed E-state index contributed by atoms with van der Waals surface area (Å²) in [5.74, 6) is 0.956. The van der Waals surface area contributed by atoms with Gasteiger partial charge in [0.2, 0.25) is 0 Å². The van der Waals surface area contributed by atoms with Gasteiger partial charge in [0.15, 0.2) is 6.61 Å². The average Bonchev–Trinajstić information content (AvgIpc) is 3.18. The third-order valence-corrected chi connectivity index (χ3v) is 4.98. The molecular weight excluding hydrogens is 390 g/mol. The summed E-state index contributed by atoms with van der Waals surface area (Å²) in [6.45, 7) is 0.893. The minimum Gasteiger partial charge on any atom is -0.483 e. The Bertz CT molecular complexity index is 539. The van der Waals surface area contributed by atoms with Crippen LogP contribution in [0.2, 0.25) is 0 Å². The van der Waals surface area contributed by atoms with E-state index in [1.54, 1.807) is 11.0 Å². The molecule has 6 heteroatoms. The number of β-amino-alcohol motifs (C(OH)–C–C–N with tert-alkyl or cyclic N) is 1. The highest BCUT2D eigenvalue weighted by molar-refractivity contribution is 9.11. The number of likely N-dealkylation sites (tertiary alicyclic amines) is 1. The van der Waals surface area contributed by atoms with Gasteiger partial charge in [-0.2, -0.15) is 0 Å². The van der Waals surface area contributed by atoms with E-state index in [9.17, 15) is 9.90 Å². The molecule has 1 aliphatic heterocycles. The van der Waals surface area contributed by atoms with Crippen LogP contribution in [0.4, 0.5) is 0 Å². The fourth-order valence-electron chi connectivity index (χ4n) is 2.49. The van der Waals surface area contributed by atoms with Crippen LogP contribution in [0.3, 0.4) is 0 Å². The van der Waals surface area contributed by atoms with Gasteiger partial charge in [0, 0.05) is 4.47 Å². The highest BCUT2D eigenvalue weighted by Crippen LogP contribution is 2.44. The van der Waals surface area contributed by atoms with E-state index < -0.39 is 5.60 Å². The molecule has 1 heterocycles. The molecular formula is C14H15Br2NO3. The van der Waals surface area contributed by atoms with Crippen LogP contribution in [0.1, 0.15) is 12.8 Å². The first-order valence-corrected chi connectivity index (χ1v) is 8.14. The summed E-state index contributed by atoms with van der Waals surface area (Å²) in [6, 6.07) is 5.54. The Balaban J connectivity index is 1.50. The smallest absolute Gasteiger partial charge is 0.260 e. The van der Waals surface area contributed by atoms with Crippen molar-refractivity contribution in [1.82, 2.24) is 4.90 Å². The van der Waals surface area contributed by atoms with Crippen LogP contribution >= 0.6 is 31.9 Å². The van der Waals surface area contributed by atoms with Crippen molar-refractivity contribution in [3.8, 4) is 5.75 Å². The molecule has 0 aromatic heterocycles. The molecule has 0 spiro atoms. The van der Waals surface area contributed by atoms with Gasteiger partial charge in [0.25, 0.3) is 5.91 Å². The Morgan fingerprint density at radius 2 is 2.10 bits per heavy atom. The Labute approximate surface area is 134 Å². The third-order valence-electron chi connectivity index (χ3n) is 3.86. The Kier molecular flexibility index (Phi) is 3.81. The lowest BCUT2D eigenvalue weighted by Gasteiger charge is -2.46. The first kappa shape index (κ1) is 14.4. The maximum Gasteiger partial charge on any atom is 0.260 e. The van der Waals surface area contributed by atoms with Crippen molar-refractivity contribution >= 4 is 37.8 Å². The average molecular weight is 405 g/mol. The van der Waals surface area contributed by atoms with Gasteiger partial charge in [0.1, 0.15) is 11.4 Å². The van der Waals surface area contributed by atoms with Crippen LogP contribution in [0.5, 0.6) is 5.75 Å². The number of rotatable bonds is 4. The molecule has 2 fully saturated rings. The number of hydrogen-bond acceptors (Lipinski definition) is 3. The molecule has 1 saturated carbocycles. The van der Waals surface area contributed by atoms with Crippen LogP contribution < -0.4 is 4.74 Å². The summed E-state index contributed by atoms with van der Waals surface area (Å²) in [6.07, 6.45) is 2.17. The predicted octanol–water partition coefficient (Wildman–Crippen LogP) is 2.57. The van der Waals surface area contributed by atoms with Crippen molar-refractivity contribution in [2.45, 2.75) is 18.4 Å². The van der Waals surface area contributed by atoms with E-state index in [0.717, 1.165) is 21.8 Å². The lowest BCUT2D eigenvalue weighted by molar-refractivity contribution is -0.161. The fourth-order valence-corrected chi connectivity index (χ4v) is 3.65. The van der Waals surface area contributed by atoms with Crippen molar-refractivity contribution in [2.24, 2.45) is 5.92 Å². The molecule has 0 atom stereocenters. The molecule has 3 rings (SSSR count). The van der Waals surface area contributed by atoms with Gasteiger partial charge in [-0.3, -0.25) is 4.79 Å². The second-order valence-corrected chi connectivity index (χ2v) is 7.26. The van der Waals surface area contributed by atoms with Gasteiger partial charge < -0.3 is 14.7 Å². The highest BCUT2D eigenvalue weighted by atomic mass is 79.9. The number of aliphatic hydroxyl groups is 1. The van der Waals surface area contributed by atoms with Gasteiger partial charge >= 0.3 is 0 Å². The zero-order valence-electron chi connectivity index (χ0n) is 10.8. The van der Waals surface area contributed by atoms with E-state index in [-0.39, 0.29) is 12.5 Å². The lowest BCUT2D eigenvalue weighted by Crippen LogP contribution is -2.65. The number of ether oxygens (including phenoxy) is 1. The lowest BCUT2D eigenvalue weighted by atomic mass is 9.89. The molecule has 1 N–H and O–H groups in total. The van der Waals surface area contributed by atoms with Crippen LogP contribution in [-0.4, -0.2) is 41.2 Å². The molecule has 1 aromatic rings. The molecule has 1 saturated heterocycles. The zero-order chi connectivity index (χ0) is 14.3. The number of carbonyl (C=O) groups excluding carboxylic acids is 1. The fraction of sp³-hybridized carbons (Fsp3) is 0.500. The topological polar surface area (TPSA) is 49.8 Å². The Morgan fingerprint density at radius 3 is 2.70 bits per heavy atom. The van der Waals surface area contributed by atoms with Gasteiger partial charge in [-0.1, -0.05) is 15.9 Å². The first-order valence-electron chi connectivity index (χ1n) is 6.56. The van der Waals surface area contributed by atoms with Crippen molar-refractivity contribution in [3.63, 3.8) is 0 Å². The number of halogens is 2. The number of carbonyl (C=O) groups is 1. The summed E-state index contributed by atoms with van der Waals surface area (Å²) >= 11 is 6.75. The Hall–Kier alpha value is -0.590. The van der Waals surface area contributed by atoms with Crippen molar-refractivity contribution in [2.75, 3.05) is 19.7 Å². The van der Waals surface area contributed by atoms with Gasteiger partial charge in [-0.15, -0.1) is 0 Å². The summed E-state index contributed by atoms with van der Waals surface area (Å²) in [5.41, 5.74) is -0.631. The number of nitrogens with zero attached hydrogens (tertiary/aromatic N) is 1. The minimum atomic E-state index is -0.631. The molecule has 1 aromatic carbocycles. The van der Waals surface area contributed by atoms with Crippen LogP contribution in [0, 0.1) is 5.92 Å². The van der Waals surface area contributed by atoms with E-state index in [1.165, 1.54) is 0 Å². The third kappa shape index (κ3) is 2.87. The van der Waals surface area contributed by atoms with E-state index in [2.05, 4.69) is 31.9 Å². The maximum absolute atomic E-state index is 12.0. The molecule has 1 aliphatic carbocycles. The van der Waals surface area contributed by atoms with Crippen LogP contribution in [-0.2, 0) is 4.79 Å². The molecule has 4 nitrogen and oxygen atoms in total. The molecule has 0 unspecified atom stereocenters. The molecule has 108 valence electrons. The molecule has 0 radical (unpaired) electrons. The summed E-state index contributed by atoms with van der Waals surface area (Å²) in [4.78, 5) is 13.6.